The number of aromatic amines is 1. The van der Waals surface area contributed by atoms with Crippen molar-refractivity contribution in [1.29, 1.82) is 0 Å². The Balaban J connectivity index is 0.000000265. The Bertz CT molecular complexity index is 200. The minimum atomic E-state index is 0.583. The Morgan fingerprint density at radius 3 is 2.06 bits per heavy atom. The number of ether oxygens (including phenoxy) is 2. The summed E-state index contributed by atoms with van der Waals surface area (Å²) in [6.45, 7) is 9.32. The normalized spacial score (nSPS) is 16.1. The van der Waals surface area contributed by atoms with Gasteiger partial charge in [0.2, 0.25) is 0 Å². The first-order valence-corrected chi connectivity index (χ1v) is 6.93. The van der Waals surface area contributed by atoms with Gasteiger partial charge < -0.3 is 14.5 Å². The van der Waals surface area contributed by atoms with Gasteiger partial charge in [0.15, 0.2) is 0 Å². The molecule has 0 saturated carbocycles. The van der Waals surface area contributed by atoms with Crippen LogP contribution < -0.4 is 0 Å². The van der Waals surface area contributed by atoms with Gasteiger partial charge in [-0.3, -0.25) is 0 Å². The fraction of sp³-hybridized carbons (Fsp3) is 0.786. The van der Waals surface area contributed by atoms with Gasteiger partial charge in [0.05, 0.1) is 19.0 Å². The number of unbranched alkanes of at least 4 members (excludes halogenated alkanes) is 2. The molecule has 1 saturated heterocycles. The van der Waals surface area contributed by atoms with Gasteiger partial charge in [-0.05, 0) is 19.8 Å². The van der Waals surface area contributed by atoms with E-state index in [2.05, 4.69) is 30.7 Å². The molecule has 0 bridgehead atoms. The quantitative estimate of drug-likeness (QED) is 0.626. The van der Waals surface area contributed by atoms with Crippen LogP contribution in [0.4, 0.5) is 0 Å². The third-order valence-corrected chi connectivity index (χ3v) is 2.19. The van der Waals surface area contributed by atoms with Crippen molar-refractivity contribution in [1.82, 2.24) is 9.97 Å². The molecule has 0 radical (unpaired) electrons. The second-order valence-electron chi connectivity index (χ2n) is 4.22. The summed E-state index contributed by atoms with van der Waals surface area (Å²) < 4.78 is 10.0. The average molecular weight is 256 g/mol. The zero-order valence-corrected chi connectivity index (χ0v) is 12.0. The Labute approximate surface area is 111 Å². The smallest absolute Gasteiger partial charge is 0.0919 e. The molecule has 1 N–H and O–H groups in total. The molecule has 1 unspecified atom stereocenters. The van der Waals surface area contributed by atoms with Crippen molar-refractivity contribution in [2.75, 3.05) is 19.8 Å². The van der Waals surface area contributed by atoms with E-state index >= 15 is 0 Å². The van der Waals surface area contributed by atoms with Gasteiger partial charge in [0.1, 0.15) is 0 Å². The molecule has 1 atom stereocenters. The van der Waals surface area contributed by atoms with Gasteiger partial charge in [-0.25, -0.2) is 4.98 Å². The summed E-state index contributed by atoms with van der Waals surface area (Å²) in [6, 6.07) is 0. The van der Waals surface area contributed by atoms with Crippen LogP contribution >= 0.6 is 0 Å². The predicted octanol–water partition coefficient (Wildman–Crippen LogP) is 3.42. The molecule has 1 aliphatic rings. The third-order valence-electron chi connectivity index (χ3n) is 2.19. The van der Waals surface area contributed by atoms with Crippen LogP contribution in [0.3, 0.4) is 0 Å². The van der Waals surface area contributed by atoms with Crippen LogP contribution in [0.5, 0.6) is 0 Å². The predicted molar refractivity (Wildman–Crippen MR) is 74.6 cm³/mol. The largest absolute Gasteiger partial charge is 0.381 e. The number of H-pyrrole nitrogens is 1. The highest BCUT2D eigenvalue weighted by molar-refractivity contribution is 4.64. The van der Waals surface area contributed by atoms with E-state index in [0.29, 0.717) is 6.10 Å². The zero-order valence-electron chi connectivity index (χ0n) is 12.0. The second-order valence-corrected chi connectivity index (χ2v) is 4.22. The van der Waals surface area contributed by atoms with Crippen LogP contribution in [0, 0.1) is 0 Å². The first-order chi connectivity index (χ1) is 8.81. The maximum absolute atomic E-state index is 5.31. The van der Waals surface area contributed by atoms with Gasteiger partial charge in [-0.15, -0.1) is 0 Å². The number of nitrogens with zero attached hydrogens (tertiary/aromatic N) is 1. The van der Waals surface area contributed by atoms with Gasteiger partial charge in [0.25, 0.3) is 0 Å². The summed E-state index contributed by atoms with van der Waals surface area (Å²) in [5.41, 5.74) is 0. The second kappa shape index (κ2) is 14.2. The minimum absolute atomic E-state index is 0.583. The number of epoxide rings is 1. The lowest BCUT2D eigenvalue weighted by molar-refractivity contribution is 0.128. The topological polar surface area (TPSA) is 50.4 Å². The maximum atomic E-state index is 5.31. The van der Waals surface area contributed by atoms with E-state index in [1.165, 1.54) is 25.7 Å². The van der Waals surface area contributed by atoms with Crippen molar-refractivity contribution in [3.8, 4) is 0 Å². The molecular formula is C14H28N2O2. The summed E-state index contributed by atoms with van der Waals surface area (Å²) in [5.74, 6) is 0. The number of nitrogens with one attached hydrogen (secondary N) is 1. The van der Waals surface area contributed by atoms with Crippen LogP contribution in [0.2, 0.25) is 0 Å². The van der Waals surface area contributed by atoms with Crippen LogP contribution in [0.1, 0.15) is 46.5 Å². The van der Waals surface area contributed by atoms with E-state index in [9.17, 15) is 0 Å². The van der Waals surface area contributed by atoms with Crippen molar-refractivity contribution < 1.29 is 9.47 Å². The van der Waals surface area contributed by atoms with E-state index in [1.54, 1.807) is 18.7 Å². The van der Waals surface area contributed by atoms with E-state index in [0.717, 1.165) is 19.8 Å². The van der Waals surface area contributed by atoms with Crippen molar-refractivity contribution in [2.24, 2.45) is 0 Å². The van der Waals surface area contributed by atoms with Crippen molar-refractivity contribution in [2.45, 2.75) is 52.6 Å². The summed E-state index contributed by atoms with van der Waals surface area (Å²) in [7, 11) is 0. The lowest BCUT2D eigenvalue weighted by atomic mass is 10.3. The first kappa shape index (κ1) is 17.1. The molecule has 1 aliphatic heterocycles. The van der Waals surface area contributed by atoms with Crippen LogP contribution in [-0.4, -0.2) is 35.9 Å². The van der Waals surface area contributed by atoms with Gasteiger partial charge in [-0.1, -0.05) is 26.7 Å². The van der Waals surface area contributed by atoms with E-state index < -0.39 is 0 Å². The fourth-order valence-electron chi connectivity index (χ4n) is 0.906. The Hall–Kier alpha value is -0.870. The average Bonchev–Trinajstić information content (AvgIpc) is 2.97. The lowest BCUT2D eigenvalue weighted by Gasteiger charge is -1.99. The molecule has 0 aromatic carbocycles. The molecule has 1 fully saturated rings. The Kier molecular flexibility index (Phi) is 13.5. The highest BCUT2D eigenvalue weighted by Gasteiger charge is 2.13. The lowest BCUT2D eigenvalue weighted by Crippen LogP contribution is -1.95. The fourth-order valence-corrected chi connectivity index (χ4v) is 0.906. The summed E-state index contributed by atoms with van der Waals surface area (Å²) in [5, 5.41) is 0. The van der Waals surface area contributed by atoms with Crippen molar-refractivity contribution in [3.63, 3.8) is 0 Å². The molecule has 1 aromatic rings. The summed E-state index contributed by atoms with van der Waals surface area (Å²) in [6.07, 6.45) is 10.6. The standard InChI is InChI=1S/C8H18O.C3H4N2.C3H6O/c1-3-5-7-9-8-6-4-2;1-2-5-3-4-1;1-3-2-4-3/h3-8H2,1-2H3;1-3H,(H,4,5);3H,2H2,1H3. The highest BCUT2D eigenvalue weighted by atomic mass is 16.6. The van der Waals surface area contributed by atoms with Gasteiger partial charge >= 0.3 is 0 Å². The molecule has 0 amide bonds. The maximum Gasteiger partial charge on any atom is 0.0919 e. The highest BCUT2D eigenvalue weighted by Crippen LogP contribution is 2.04. The molecule has 1 aromatic heterocycles. The Morgan fingerprint density at radius 1 is 1.28 bits per heavy atom. The molecule has 2 heterocycles. The SMILES string of the molecule is CC1CO1.CCCCOCCCC.c1c[nH]cn1. The number of imidazole rings is 1. The number of hydrogen-bond donors (Lipinski definition) is 1. The molecule has 4 heteroatoms. The van der Waals surface area contributed by atoms with Gasteiger partial charge in [0, 0.05) is 25.6 Å². The third kappa shape index (κ3) is 17.5. The molecule has 18 heavy (non-hydrogen) atoms. The van der Waals surface area contributed by atoms with Crippen molar-refractivity contribution in [3.05, 3.63) is 18.7 Å². The zero-order chi connectivity index (χ0) is 13.5. The molecule has 106 valence electrons. The molecule has 0 spiro atoms. The molecule has 2 rings (SSSR count). The summed E-state index contributed by atoms with van der Waals surface area (Å²) in [4.78, 5) is 6.42. The van der Waals surface area contributed by atoms with E-state index in [1.807, 2.05) is 0 Å². The monoisotopic (exact) mass is 256 g/mol. The molecule has 4 nitrogen and oxygen atoms in total. The Morgan fingerprint density at radius 2 is 1.83 bits per heavy atom. The van der Waals surface area contributed by atoms with Crippen LogP contribution in [0.15, 0.2) is 18.7 Å². The minimum Gasteiger partial charge on any atom is -0.381 e. The summed E-state index contributed by atoms with van der Waals surface area (Å²) >= 11 is 0. The van der Waals surface area contributed by atoms with Crippen LogP contribution in [0.25, 0.3) is 0 Å². The molecule has 0 aliphatic carbocycles. The number of hydrogen-bond acceptors (Lipinski definition) is 3. The van der Waals surface area contributed by atoms with E-state index in [-0.39, 0.29) is 0 Å². The molecular weight excluding hydrogens is 228 g/mol. The van der Waals surface area contributed by atoms with Crippen molar-refractivity contribution >= 4 is 0 Å². The number of rotatable bonds is 6. The number of aromatic nitrogens is 2. The van der Waals surface area contributed by atoms with Crippen LogP contribution in [-0.2, 0) is 9.47 Å². The van der Waals surface area contributed by atoms with Gasteiger partial charge in [-0.2, -0.15) is 0 Å². The first-order valence-electron chi connectivity index (χ1n) is 6.93. The van der Waals surface area contributed by atoms with E-state index in [4.69, 9.17) is 9.47 Å².